The number of thiophene rings is 2. The van der Waals surface area contributed by atoms with Crippen LogP contribution >= 0.6 is 22.7 Å². The monoisotopic (exact) mass is 568 g/mol. The van der Waals surface area contributed by atoms with E-state index in [4.69, 9.17) is 0 Å². The van der Waals surface area contributed by atoms with Crippen LogP contribution in [0.15, 0.2) is 145 Å². The molecule has 2 heteroatoms. The van der Waals surface area contributed by atoms with Gasteiger partial charge in [0.25, 0.3) is 0 Å². The Bertz CT molecular complexity index is 2390. The summed E-state index contributed by atoms with van der Waals surface area (Å²) in [5.74, 6) is 0. The zero-order valence-corrected chi connectivity index (χ0v) is 24.3. The van der Waals surface area contributed by atoms with Crippen molar-refractivity contribution in [2.75, 3.05) is 0 Å². The summed E-state index contributed by atoms with van der Waals surface area (Å²) in [7, 11) is 0. The zero-order valence-electron chi connectivity index (χ0n) is 22.7. The highest BCUT2D eigenvalue weighted by Crippen LogP contribution is 2.50. The molecule has 9 rings (SSSR count). The Morgan fingerprint density at radius 3 is 1.57 bits per heavy atom. The largest absolute Gasteiger partial charge is 0.143 e. The number of benzene rings is 7. The van der Waals surface area contributed by atoms with Crippen LogP contribution in [0.1, 0.15) is 0 Å². The van der Waals surface area contributed by atoms with E-state index in [1.165, 1.54) is 85.2 Å². The maximum atomic E-state index is 2.33. The van der Waals surface area contributed by atoms with Gasteiger partial charge in [-0.15, -0.1) is 22.7 Å². The average molecular weight is 569 g/mol. The molecule has 42 heavy (non-hydrogen) atoms. The van der Waals surface area contributed by atoms with Gasteiger partial charge in [-0.2, -0.15) is 0 Å². The Balaban J connectivity index is 1.41. The van der Waals surface area contributed by atoms with Crippen molar-refractivity contribution in [1.82, 2.24) is 0 Å². The molecule has 196 valence electrons. The minimum absolute atomic E-state index is 1.25. The molecule has 0 spiro atoms. The molecule has 0 aliphatic rings. The van der Waals surface area contributed by atoms with E-state index in [0.29, 0.717) is 0 Å². The molecule has 2 aromatic heterocycles. The molecule has 0 saturated heterocycles. The van der Waals surface area contributed by atoms with Crippen LogP contribution in [0.4, 0.5) is 0 Å². The number of hydrogen-bond donors (Lipinski definition) is 0. The maximum Gasteiger partial charge on any atom is 0.0448 e. The fourth-order valence-corrected chi connectivity index (χ4v) is 9.16. The smallest absolute Gasteiger partial charge is 0.0448 e. The quantitative estimate of drug-likeness (QED) is 0.186. The summed E-state index contributed by atoms with van der Waals surface area (Å²) in [4.78, 5) is 0. The molecular weight excluding hydrogens is 545 g/mol. The minimum Gasteiger partial charge on any atom is -0.143 e. The first-order valence-corrected chi connectivity index (χ1v) is 16.0. The highest BCUT2D eigenvalue weighted by atomic mass is 32.1. The molecule has 2 heterocycles. The molecule has 0 amide bonds. The van der Waals surface area contributed by atoms with Crippen molar-refractivity contribution in [3.63, 3.8) is 0 Å². The standard InChI is InChI=1S/C40H24S2/c1-3-12-25(13-4-1)34-24-41-35-23-22-32-31-20-11-21-33(39(31)42-40(32)38(34)35)37-29-18-9-7-16-27(29)36(26-14-5-2-6-15-26)28-17-8-10-19-30(28)37/h1-24H. The molecule has 0 saturated carbocycles. The maximum absolute atomic E-state index is 2.33. The Kier molecular flexibility index (Phi) is 5.34. The summed E-state index contributed by atoms with van der Waals surface area (Å²) in [6, 6.07) is 51.1. The van der Waals surface area contributed by atoms with E-state index < -0.39 is 0 Å². The van der Waals surface area contributed by atoms with Crippen molar-refractivity contribution in [2.24, 2.45) is 0 Å². The Labute approximate surface area is 251 Å². The lowest BCUT2D eigenvalue weighted by Crippen LogP contribution is -1.90. The summed E-state index contributed by atoms with van der Waals surface area (Å²) in [5, 5.41) is 11.6. The van der Waals surface area contributed by atoms with Gasteiger partial charge in [0.1, 0.15) is 0 Å². The third kappa shape index (κ3) is 3.46. The normalized spacial score (nSPS) is 11.8. The first-order valence-electron chi connectivity index (χ1n) is 14.3. The summed E-state index contributed by atoms with van der Waals surface area (Å²) in [6.45, 7) is 0. The highest BCUT2D eigenvalue weighted by Gasteiger charge is 2.20. The lowest BCUT2D eigenvalue weighted by molar-refractivity contribution is 1.67. The fraction of sp³-hybridized carbons (Fsp3) is 0. The van der Waals surface area contributed by atoms with Gasteiger partial charge in [-0.3, -0.25) is 0 Å². The molecule has 0 fully saturated rings. The van der Waals surface area contributed by atoms with Gasteiger partial charge in [0.2, 0.25) is 0 Å². The second-order valence-corrected chi connectivity index (χ2v) is 12.8. The first-order chi connectivity index (χ1) is 20.9. The van der Waals surface area contributed by atoms with Crippen LogP contribution in [-0.4, -0.2) is 0 Å². The van der Waals surface area contributed by atoms with Crippen molar-refractivity contribution in [2.45, 2.75) is 0 Å². The van der Waals surface area contributed by atoms with Crippen LogP contribution in [0.2, 0.25) is 0 Å². The molecule has 0 unspecified atom stereocenters. The third-order valence-electron chi connectivity index (χ3n) is 8.55. The van der Waals surface area contributed by atoms with Gasteiger partial charge in [0.15, 0.2) is 0 Å². The number of fused-ring (bicyclic) bond motifs is 7. The van der Waals surface area contributed by atoms with E-state index in [0.717, 1.165) is 0 Å². The second kappa shape index (κ2) is 9.39. The van der Waals surface area contributed by atoms with Crippen molar-refractivity contribution < 1.29 is 0 Å². The van der Waals surface area contributed by atoms with Gasteiger partial charge in [0.05, 0.1) is 0 Å². The van der Waals surface area contributed by atoms with Gasteiger partial charge in [-0.1, -0.05) is 133 Å². The van der Waals surface area contributed by atoms with Gasteiger partial charge in [-0.25, -0.2) is 0 Å². The van der Waals surface area contributed by atoms with E-state index in [-0.39, 0.29) is 0 Å². The predicted molar refractivity (Wildman–Crippen MR) is 186 cm³/mol. The molecule has 0 bridgehead atoms. The average Bonchev–Trinajstić information content (AvgIpc) is 3.66. The number of rotatable bonds is 3. The van der Waals surface area contributed by atoms with E-state index in [2.05, 4.69) is 145 Å². The van der Waals surface area contributed by atoms with Crippen LogP contribution in [0.3, 0.4) is 0 Å². The van der Waals surface area contributed by atoms with Crippen molar-refractivity contribution in [3.05, 3.63) is 145 Å². The zero-order chi connectivity index (χ0) is 27.6. The second-order valence-electron chi connectivity index (χ2n) is 10.8. The minimum atomic E-state index is 1.25. The molecule has 0 nitrogen and oxygen atoms in total. The van der Waals surface area contributed by atoms with E-state index in [1.807, 2.05) is 22.7 Å². The molecular formula is C40H24S2. The summed E-state index contributed by atoms with van der Waals surface area (Å²) < 4.78 is 4.08. The lowest BCUT2D eigenvalue weighted by Gasteiger charge is -2.18. The summed E-state index contributed by atoms with van der Waals surface area (Å²) >= 11 is 3.79. The van der Waals surface area contributed by atoms with Gasteiger partial charge >= 0.3 is 0 Å². The third-order valence-corrected chi connectivity index (χ3v) is 10.8. The summed E-state index contributed by atoms with van der Waals surface area (Å²) in [5.41, 5.74) is 7.81. The molecule has 0 atom stereocenters. The SMILES string of the molecule is c1ccc(-c2c3ccccc3c(-c3cccc4c3sc3c4ccc4scc(-c5ccccc5)c43)c3ccccc23)cc1. The molecule has 0 radical (unpaired) electrons. The Morgan fingerprint density at radius 1 is 0.357 bits per heavy atom. The molecule has 9 aromatic rings. The Morgan fingerprint density at radius 2 is 0.905 bits per heavy atom. The number of hydrogen-bond acceptors (Lipinski definition) is 2. The van der Waals surface area contributed by atoms with E-state index in [1.54, 1.807) is 0 Å². The van der Waals surface area contributed by atoms with Crippen LogP contribution < -0.4 is 0 Å². The van der Waals surface area contributed by atoms with E-state index >= 15 is 0 Å². The molecule has 0 aliphatic carbocycles. The molecule has 7 aromatic carbocycles. The predicted octanol–water partition coefficient (Wildman–Crippen LogP) is 12.6. The van der Waals surface area contributed by atoms with Crippen LogP contribution in [-0.2, 0) is 0 Å². The summed E-state index contributed by atoms with van der Waals surface area (Å²) in [6.07, 6.45) is 0. The molecule has 0 aliphatic heterocycles. The van der Waals surface area contributed by atoms with Crippen LogP contribution in [0.25, 0.3) is 85.2 Å². The van der Waals surface area contributed by atoms with E-state index in [9.17, 15) is 0 Å². The first kappa shape index (κ1) is 23.9. The van der Waals surface area contributed by atoms with Crippen molar-refractivity contribution in [3.8, 4) is 33.4 Å². The van der Waals surface area contributed by atoms with Gasteiger partial charge in [0, 0.05) is 41.4 Å². The fourth-order valence-electron chi connectivity index (χ4n) is 6.74. The van der Waals surface area contributed by atoms with Crippen LogP contribution in [0, 0.1) is 0 Å². The lowest BCUT2D eigenvalue weighted by atomic mass is 9.86. The molecule has 0 N–H and O–H groups in total. The van der Waals surface area contributed by atoms with Gasteiger partial charge < -0.3 is 0 Å². The Hall–Kier alpha value is -4.76. The van der Waals surface area contributed by atoms with Gasteiger partial charge in [-0.05, 0) is 55.2 Å². The van der Waals surface area contributed by atoms with Crippen molar-refractivity contribution >= 4 is 74.5 Å². The topological polar surface area (TPSA) is 0 Å². The van der Waals surface area contributed by atoms with Crippen molar-refractivity contribution in [1.29, 1.82) is 0 Å². The van der Waals surface area contributed by atoms with Crippen LogP contribution in [0.5, 0.6) is 0 Å². The highest BCUT2D eigenvalue weighted by molar-refractivity contribution is 7.28.